The van der Waals surface area contributed by atoms with E-state index in [2.05, 4.69) is 0 Å². The second-order valence-electron chi connectivity index (χ2n) is 14.8. The van der Waals surface area contributed by atoms with Crippen molar-refractivity contribution < 1.29 is 89.7 Å². The first-order chi connectivity index (χ1) is 29.8. The summed E-state index contributed by atoms with van der Waals surface area (Å²) in [6.07, 6.45) is -9.85. The molecule has 13 nitrogen and oxygen atoms in total. The number of aliphatic hydroxyl groups is 1. The molecule has 15 heteroatoms. The molecule has 2 aliphatic heterocycles. The molecule has 0 spiro atoms. The maximum atomic E-state index is 12.5. The van der Waals surface area contributed by atoms with Gasteiger partial charge in [0.25, 0.3) is 0 Å². The van der Waals surface area contributed by atoms with Gasteiger partial charge in [-0.05, 0) is 27.8 Å². The fourth-order valence-corrected chi connectivity index (χ4v) is 7.84. The normalized spacial score (nSPS) is 24.3. The largest absolute Gasteiger partial charge is 1.00 e. The Balaban J connectivity index is 0.00000641. The van der Waals surface area contributed by atoms with Crippen LogP contribution in [0.5, 0.6) is 0 Å². The Morgan fingerprint density at radius 3 is 1.53 bits per heavy atom. The monoisotopic (exact) mass is 878 g/mol. The van der Waals surface area contributed by atoms with E-state index >= 15 is 0 Å². The minimum absolute atomic E-state index is 0. The molecule has 0 aromatic heterocycles. The molecule has 2 aliphatic rings. The molecule has 2 saturated heterocycles. The molecule has 1 N–H and O–H groups in total. The van der Waals surface area contributed by atoms with Crippen LogP contribution in [0.2, 0.25) is 0 Å². The Labute approximate surface area is 385 Å². The molecular formula is C47H51NaO13S. The average molecular weight is 879 g/mol. The van der Waals surface area contributed by atoms with Crippen molar-refractivity contribution >= 4 is 10.4 Å². The first-order valence-electron chi connectivity index (χ1n) is 20.2. The molecule has 0 amide bonds. The zero-order chi connectivity index (χ0) is 42.3. The summed E-state index contributed by atoms with van der Waals surface area (Å²) in [5.74, 6) is 0. The predicted octanol–water partition coefficient (Wildman–Crippen LogP) is 2.90. The number of benzene rings is 5. The van der Waals surface area contributed by atoms with Crippen molar-refractivity contribution in [2.75, 3.05) is 19.8 Å². The minimum Gasteiger partial charge on any atom is -0.726 e. The second-order valence-corrected chi connectivity index (χ2v) is 15.8. The third-order valence-electron chi connectivity index (χ3n) is 10.4. The average Bonchev–Trinajstić information content (AvgIpc) is 3.68. The first kappa shape index (κ1) is 48.1. The quantitative estimate of drug-likeness (QED) is 0.0615. The zero-order valence-corrected chi connectivity index (χ0v) is 37.4. The maximum absolute atomic E-state index is 12.5. The van der Waals surface area contributed by atoms with Crippen molar-refractivity contribution in [3.8, 4) is 0 Å². The van der Waals surface area contributed by atoms with Gasteiger partial charge in [0.2, 0.25) is 10.4 Å². The van der Waals surface area contributed by atoms with E-state index in [-0.39, 0.29) is 75.8 Å². The van der Waals surface area contributed by atoms with Crippen molar-refractivity contribution in [1.82, 2.24) is 0 Å². The Bertz CT molecular complexity index is 2110. The molecular weight excluding hydrogens is 828 g/mol. The number of rotatable bonds is 22. The van der Waals surface area contributed by atoms with Gasteiger partial charge in [0.15, 0.2) is 6.29 Å². The molecule has 7 rings (SSSR count). The van der Waals surface area contributed by atoms with E-state index in [0.717, 1.165) is 27.8 Å². The number of hydrogen-bond donors (Lipinski definition) is 1. The van der Waals surface area contributed by atoms with Gasteiger partial charge in [0, 0.05) is 0 Å². The summed E-state index contributed by atoms with van der Waals surface area (Å²) in [6.45, 7) is 0.0651. The molecule has 0 unspecified atom stereocenters. The molecule has 0 aliphatic carbocycles. The van der Waals surface area contributed by atoms with E-state index in [1.54, 1.807) is 0 Å². The fourth-order valence-electron chi connectivity index (χ4n) is 7.34. The summed E-state index contributed by atoms with van der Waals surface area (Å²) in [5, 5.41) is 10.7. The smallest absolute Gasteiger partial charge is 0.726 e. The number of aliphatic hydroxyl groups excluding tert-OH is 1. The molecule has 2 fully saturated rings. The van der Waals surface area contributed by atoms with E-state index in [1.807, 2.05) is 152 Å². The molecule has 0 saturated carbocycles. The van der Waals surface area contributed by atoms with Crippen molar-refractivity contribution in [2.24, 2.45) is 0 Å². The third kappa shape index (κ3) is 14.3. The van der Waals surface area contributed by atoms with Crippen molar-refractivity contribution in [1.29, 1.82) is 0 Å². The van der Waals surface area contributed by atoms with Crippen molar-refractivity contribution in [3.63, 3.8) is 0 Å². The van der Waals surface area contributed by atoms with E-state index in [0.29, 0.717) is 0 Å². The Kier molecular flexibility index (Phi) is 19.1. The van der Waals surface area contributed by atoms with Crippen LogP contribution >= 0.6 is 0 Å². The van der Waals surface area contributed by atoms with E-state index in [9.17, 15) is 18.1 Å². The van der Waals surface area contributed by atoms with Gasteiger partial charge in [-0.1, -0.05) is 152 Å². The van der Waals surface area contributed by atoms with Gasteiger partial charge in [0.05, 0.1) is 52.9 Å². The molecule has 5 aromatic carbocycles. The van der Waals surface area contributed by atoms with Crippen LogP contribution in [0.4, 0.5) is 0 Å². The van der Waals surface area contributed by atoms with Crippen molar-refractivity contribution in [2.45, 2.75) is 88.2 Å². The molecule has 324 valence electrons. The third-order valence-corrected chi connectivity index (χ3v) is 10.8. The van der Waals surface area contributed by atoms with Crippen molar-refractivity contribution in [3.05, 3.63) is 179 Å². The maximum Gasteiger partial charge on any atom is 1.00 e. The van der Waals surface area contributed by atoms with Gasteiger partial charge < -0.3 is 47.6 Å². The summed E-state index contributed by atoms with van der Waals surface area (Å²) in [4.78, 5) is 0. The van der Waals surface area contributed by atoms with Gasteiger partial charge >= 0.3 is 29.6 Å². The van der Waals surface area contributed by atoms with Crippen LogP contribution in [0.25, 0.3) is 0 Å². The SMILES string of the molecule is O=S(=O)([O-])O[C@@H]1[C@H](OCc2ccccc2)[C@@H](OCc2ccccc2)[C@H](O[C@@H]2[C@@H]([C@H](CO)OCc3ccccc3)OC[C@H]2OCc2ccccc2)O[C@@H]1COCc1ccccc1.[Na+]. The van der Waals surface area contributed by atoms with Crippen LogP contribution in [-0.4, -0.2) is 93.0 Å². The van der Waals surface area contributed by atoms with Gasteiger partial charge in [-0.25, -0.2) is 8.42 Å². The van der Waals surface area contributed by atoms with Gasteiger partial charge in [0.1, 0.15) is 48.8 Å². The van der Waals surface area contributed by atoms with E-state index < -0.39 is 72.1 Å². The molecule has 0 bridgehead atoms. The van der Waals surface area contributed by atoms with Crippen LogP contribution < -0.4 is 29.6 Å². The van der Waals surface area contributed by atoms with Crippen LogP contribution in [0.15, 0.2) is 152 Å². The summed E-state index contributed by atoms with van der Waals surface area (Å²) in [5.41, 5.74) is 4.25. The zero-order valence-electron chi connectivity index (χ0n) is 34.5. The Morgan fingerprint density at radius 2 is 1.05 bits per heavy atom. The first-order valence-corrected chi connectivity index (χ1v) is 21.6. The summed E-state index contributed by atoms with van der Waals surface area (Å²) in [7, 11) is -5.32. The number of hydrogen-bond acceptors (Lipinski definition) is 13. The number of ether oxygens (including phenoxy) is 8. The Hall–Kier alpha value is -3.39. The summed E-state index contributed by atoms with van der Waals surface area (Å²) in [6, 6.07) is 47.2. The van der Waals surface area contributed by atoms with Crippen LogP contribution in [0, 0.1) is 0 Å². The standard InChI is InChI=1S/C47H52O13S.Na/c48-26-39(53-28-35-18-8-2-9-19-35)42-43(40(33-57-42)54-29-36-20-10-3-11-21-36)59-47-46(56-31-38-24-14-5-15-25-38)45(55-30-37-22-12-4-13-23-37)44(60-61(49,50)51)41(58-47)32-52-27-34-16-6-1-7-17-34;/h1-25,39-48H,26-33H2,(H,49,50,51);/q;+1/p-1/t39-,40+,41+,42+,43-,44-,45-,46+,47-;/m0./s1. The Morgan fingerprint density at radius 1 is 0.597 bits per heavy atom. The molecule has 2 heterocycles. The topological polar surface area (TPSA) is 160 Å². The van der Waals surface area contributed by atoms with Gasteiger partial charge in [-0.15, -0.1) is 0 Å². The molecule has 62 heavy (non-hydrogen) atoms. The van der Waals surface area contributed by atoms with Gasteiger partial charge in [-0.3, -0.25) is 4.18 Å². The molecule has 0 radical (unpaired) electrons. The van der Waals surface area contributed by atoms with E-state index in [1.165, 1.54) is 0 Å². The van der Waals surface area contributed by atoms with Crippen LogP contribution in [-0.2, 0) is 85.5 Å². The van der Waals surface area contributed by atoms with Gasteiger partial charge in [-0.2, -0.15) is 0 Å². The minimum atomic E-state index is -5.32. The summed E-state index contributed by atoms with van der Waals surface area (Å²) >= 11 is 0. The second kappa shape index (κ2) is 24.6. The van der Waals surface area contributed by atoms with Crippen LogP contribution in [0.1, 0.15) is 27.8 Å². The van der Waals surface area contributed by atoms with Crippen LogP contribution in [0.3, 0.4) is 0 Å². The molecule has 9 atom stereocenters. The summed E-state index contributed by atoms with van der Waals surface area (Å²) < 4.78 is 94.7. The fraction of sp³-hybridized carbons (Fsp3) is 0.362. The predicted molar refractivity (Wildman–Crippen MR) is 221 cm³/mol. The molecule has 5 aromatic rings. The van der Waals surface area contributed by atoms with E-state index in [4.69, 9.17) is 42.1 Å².